The number of carbonyl (C=O) groups excluding carboxylic acids is 2. The van der Waals surface area contributed by atoms with Crippen molar-refractivity contribution in [1.29, 1.82) is 0 Å². The van der Waals surface area contributed by atoms with Gasteiger partial charge in [-0.2, -0.15) is 0 Å². The first-order valence-electron chi connectivity index (χ1n) is 15.6. The zero-order valence-corrected chi connectivity index (χ0v) is 23.4. The van der Waals surface area contributed by atoms with Gasteiger partial charge in [-0.3, -0.25) is 9.59 Å². The second kappa shape index (κ2) is 9.30. The highest BCUT2D eigenvalue weighted by Crippen LogP contribution is 2.69. The third-order valence-electron chi connectivity index (χ3n) is 12.8. The van der Waals surface area contributed by atoms with E-state index in [1.165, 1.54) is 71.3 Å². The van der Waals surface area contributed by atoms with Crippen molar-refractivity contribution in [2.45, 2.75) is 104 Å². The van der Waals surface area contributed by atoms with Crippen molar-refractivity contribution in [1.82, 2.24) is 0 Å². The Labute approximate surface area is 219 Å². The first-order valence-corrected chi connectivity index (χ1v) is 15.6. The predicted octanol–water partition coefficient (Wildman–Crippen LogP) is 6.90. The molecule has 8 saturated carbocycles. The van der Waals surface area contributed by atoms with Crippen LogP contribution >= 0.6 is 0 Å². The lowest BCUT2D eigenvalue weighted by Crippen LogP contribution is -2.62. The molecule has 0 N–H and O–H groups in total. The van der Waals surface area contributed by atoms with Gasteiger partial charge in [-0.15, -0.1) is 0 Å². The van der Waals surface area contributed by atoms with Gasteiger partial charge >= 0.3 is 11.9 Å². The molecule has 4 nitrogen and oxygen atoms in total. The van der Waals surface area contributed by atoms with Crippen molar-refractivity contribution in [3.8, 4) is 0 Å². The molecule has 8 aliphatic rings. The first kappa shape index (κ1) is 25.2. The number of ether oxygens (including phenoxy) is 2. The van der Waals surface area contributed by atoms with Crippen LogP contribution in [0, 0.1) is 76.9 Å². The van der Waals surface area contributed by atoms with Gasteiger partial charge in [-0.05, 0) is 136 Å². The topological polar surface area (TPSA) is 52.6 Å². The fourth-order valence-corrected chi connectivity index (χ4v) is 11.6. The van der Waals surface area contributed by atoms with E-state index in [9.17, 15) is 9.59 Å². The van der Waals surface area contributed by atoms with Crippen LogP contribution in [0.3, 0.4) is 0 Å². The molecule has 4 heteroatoms. The summed E-state index contributed by atoms with van der Waals surface area (Å²) in [5.74, 6) is 9.49. The molecule has 0 aromatic rings. The van der Waals surface area contributed by atoms with Crippen LogP contribution in [-0.2, 0) is 19.1 Å². The molecular weight excluding hydrogens is 448 g/mol. The van der Waals surface area contributed by atoms with E-state index in [0.717, 1.165) is 47.8 Å². The lowest BCUT2D eigenvalue weighted by Gasteiger charge is -2.62. The summed E-state index contributed by atoms with van der Waals surface area (Å²) in [5, 5.41) is 0. The van der Waals surface area contributed by atoms with E-state index in [-0.39, 0.29) is 29.4 Å². The van der Waals surface area contributed by atoms with Gasteiger partial charge in [-0.25, -0.2) is 0 Å². The van der Waals surface area contributed by atoms with E-state index >= 15 is 0 Å². The van der Waals surface area contributed by atoms with Crippen LogP contribution in [-0.4, -0.2) is 24.6 Å². The molecule has 8 fully saturated rings. The highest BCUT2D eigenvalue weighted by molar-refractivity contribution is 5.74. The van der Waals surface area contributed by atoms with Crippen LogP contribution in [0.25, 0.3) is 0 Å². The molecule has 8 rings (SSSR count). The lowest BCUT2D eigenvalue weighted by molar-refractivity contribution is -0.230. The summed E-state index contributed by atoms with van der Waals surface area (Å²) in [6.07, 6.45) is 14.6. The average Bonchev–Trinajstić information content (AvgIpc) is 3.65. The van der Waals surface area contributed by atoms with Crippen LogP contribution in [0.5, 0.6) is 0 Å². The van der Waals surface area contributed by atoms with Crippen LogP contribution in [0.2, 0.25) is 0 Å². The zero-order chi connectivity index (χ0) is 25.4. The first-order chi connectivity index (χ1) is 17.3. The molecule has 0 heterocycles. The Morgan fingerprint density at radius 2 is 1.42 bits per heavy atom. The normalized spacial score (nSPS) is 49.6. The molecule has 8 aliphatic carbocycles. The SMILES string of the molecule is CC(C)C1(OC(=O)C2CC3CC2C2C4CCC(C4)C32)C2CC3CC(C2)CC1C3.CCC(C)C(=O)OC. The minimum atomic E-state index is -0.125. The summed E-state index contributed by atoms with van der Waals surface area (Å²) in [6, 6.07) is 0. The van der Waals surface area contributed by atoms with Gasteiger partial charge in [0, 0.05) is 0 Å². The second-order valence-corrected chi connectivity index (χ2v) is 14.6. The monoisotopic (exact) mass is 498 g/mol. The van der Waals surface area contributed by atoms with Crippen molar-refractivity contribution >= 4 is 11.9 Å². The maximum absolute atomic E-state index is 13.7. The van der Waals surface area contributed by atoms with E-state index in [4.69, 9.17) is 4.74 Å². The van der Waals surface area contributed by atoms with E-state index < -0.39 is 0 Å². The van der Waals surface area contributed by atoms with Crippen LogP contribution in [0.1, 0.15) is 98.3 Å². The molecule has 0 aromatic carbocycles. The molecule has 0 spiro atoms. The van der Waals surface area contributed by atoms with Crippen molar-refractivity contribution in [2.24, 2.45) is 76.9 Å². The van der Waals surface area contributed by atoms with Gasteiger partial charge in [0.05, 0.1) is 18.9 Å². The molecule has 8 atom stereocenters. The molecule has 202 valence electrons. The van der Waals surface area contributed by atoms with E-state index in [2.05, 4.69) is 18.6 Å². The fraction of sp³-hybridized carbons (Fsp3) is 0.938. The van der Waals surface area contributed by atoms with Gasteiger partial charge in [0.25, 0.3) is 0 Å². The Morgan fingerprint density at radius 3 is 1.94 bits per heavy atom. The average molecular weight is 499 g/mol. The van der Waals surface area contributed by atoms with Crippen molar-refractivity contribution in [3.05, 3.63) is 0 Å². The number of hydrogen-bond acceptors (Lipinski definition) is 4. The smallest absolute Gasteiger partial charge is 0.309 e. The maximum atomic E-state index is 13.7. The number of methoxy groups -OCH3 is 1. The van der Waals surface area contributed by atoms with Crippen molar-refractivity contribution in [3.63, 3.8) is 0 Å². The minimum absolute atomic E-state index is 0.0556. The van der Waals surface area contributed by atoms with E-state index in [0.29, 0.717) is 23.7 Å². The quantitative estimate of drug-likeness (QED) is 0.305. The van der Waals surface area contributed by atoms with Crippen LogP contribution in [0.4, 0.5) is 0 Å². The van der Waals surface area contributed by atoms with Crippen molar-refractivity contribution < 1.29 is 19.1 Å². The van der Waals surface area contributed by atoms with Gasteiger partial charge < -0.3 is 9.47 Å². The Balaban J connectivity index is 0.000000264. The summed E-state index contributed by atoms with van der Waals surface area (Å²) in [7, 11) is 1.41. The Morgan fingerprint density at radius 1 is 0.806 bits per heavy atom. The molecule has 0 aliphatic heterocycles. The second-order valence-electron chi connectivity index (χ2n) is 14.6. The highest BCUT2D eigenvalue weighted by atomic mass is 16.6. The molecule has 0 radical (unpaired) electrons. The van der Waals surface area contributed by atoms with Gasteiger partial charge in [0.15, 0.2) is 0 Å². The van der Waals surface area contributed by atoms with E-state index in [1.807, 2.05) is 13.8 Å². The van der Waals surface area contributed by atoms with Crippen LogP contribution in [0.15, 0.2) is 0 Å². The molecule has 0 saturated heterocycles. The third-order valence-corrected chi connectivity index (χ3v) is 12.8. The predicted molar refractivity (Wildman–Crippen MR) is 140 cm³/mol. The molecule has 36 heavy (non-hydrogen) atoms. The summed E-state index contributed by atoms with van der Waals surface area (Å²) in [6.45, 7) is 8.51. The van der Waals surface area contributed by atoms with Gasteiger partial charge in [0.1, 0.15) is 5.60 Å². The Hall–Kier alpha value is -1.06. The number of fused-ring (bicyclic) bond motifs is 9. The Kier molecular flexibility index (Phi) is 6.52. The molecule has 0 aromatic heterocycles. The summed E-state index contributed by atoms with van der Waals surface area (Å²) in [5.41, 5.74) is -0.125. The number of rotatable bonds is 5. The van der Waals surface area contributed by atoms with Gasteiger partial charge in [-0.1, -0.05) is 27.7 Å². The molecule has 8 unspecified atom stereocenters. The lowest BCUT2D eigenvalue weighted by atomic mass is 9.47. The number of carbonyl (C=O) groups is 2. The maximum Gasteiger partial charge on any atom is 0.309 e. The third kappa shape index (κ3) is 3.73. The highest BCUT2D eigenvalue weighted by Gasteiger charge is 2.65. The number of hydrogen-bond donors (Lipinski definition) is 0. The van der Waals surface area contributed by atoms with E-state index in [1.54, 1.807) is 0 Å². The van der Waals surface area contributed by atoms with Crippen molar-refractivity contribution in [2.75, 3.05) is 7.11 Å². The standard InChI is InChI=1S/C26H38O2.C6H12O2/c1-13(2)26(19-6-14-5-15(8-19)9-20(26)7-14)28-25(27)22-12-18-11-21(22)24-17-4-3-16(10-17)23(18)24;1-4-5(2)6(7)8-3/h13-24H,3-12H2,1-2H3;5H,4H2,1-3H3. The summed E-state index contributed by atoms with van der Waals surface area (Å²) >= 11 is 0. The Bertz CT molecular complexity index is 834. The van der Waals surface area contributed by atoms with Crippen LogP contribution < -0.4 is 0 Å². The largest absolute Gasteiger partial charge is 0.469 e. The zero-order valence-electron chi connectivity index (χ0n) is 23.4. The number of esters is 2. The molecule has 0 amide bonds. The molecular formula is C32H50O4. The van der Waals surface area contributed by atoms with Gasteiger partial charge in [0.2, 0.25) is 0 Å². The summed E-state index contributed by atoms with van der Waals surface area (Å²) < 4.78 is 11.3. The summed E-state index contributed by atoms with van der Waals surface area (Å²) in [4.78, 5) is 24.2. The fourth-order valence-electron chi connectivity index (χ4n) is 11.6. The molecule has 8 bridgehead atoms. The minimum Gasteiger partial charge on any atom is -0.469 e.